The van der Waals surface area contributed by atoms with Crippen LogP contribution in [0.1, 0.15) is 32.6 Å². The summed E-state index contributed by atoms with van der Waals surface area (Å²) in [6.45, 7) is 5.08. The summed E-state index contributed by atoms with van der Waals surface area (Å²) < 4.78 is 11.6. The lowest BCUT2D eigenvalue weighted by atomic mass is 10.1. The van der Waals surface area contributed by atoms with Crippen LogP contribution in [0.25, 0.3) is 0 Å². The molecule has 3 nitrogen and oxygen atoms in total. The Hall–Kier alpha value is -1.22. The van der Waals surface area contributed by atoms with Gasteiger partial charge in [-0.2, -0.15) is 0 Å². The van der Waals surface area contributed by atoms with Gasteiger partial charge in [-0.25, -0.2) is 0 Å². The first-order valence-corrected chi connectivity index (χ1v) is 6.98. The van der Waals surface area contributed by atoms with Crippen molar-refractivity contribution in [3.05, 3.63) is 24.3 Å². The van der Waals surface area contributed by atoms with Crippen LogP contribution in [0, 0.1) is 0 Å². The van der Waals surface area contributed by atoms with Gasteiger partial charge >= 0.3 is 0 Å². The van der Waals surface area contributed by atoms with Gasteiger partial charge in [0.05, 0.1) is 6.61 Å². The van der Waals surface area contributed by atoms with Crippen LogP contribution in [0.5, 0.6) is 11.5 Å². The van der Waals surface area contributed by atoms with E-state index in [1.165, 1.54) is 0 Å². The van der Waals surface area contributed by atoms with E-state index in [0.29, 0.717) is 6.10 Å². The molecule has 2 rings (SSSR count). The summed E-state index contributed by atoms with van der Waals surface area (Å²) in [5.41, 5.74) is 0. The van der Waals surface area contributed by atoms with Crippen molar-refractivity contribution in [2.45, 2.75) is 38.7 Å². The molecule has 0 spiro atoms. The lowest BCUT2D eigenvalue weighted by molar-refractivity contribution is 0.162. The lowest BCUT2D eigenvalue weighted by Crippen LogP contribution is -2.34. The molecule has 1 fully saturated rings. The van der Waals surface area contributed by atoms with E-state index in [1.54, 1.807) is 0 Å². The Bertz CT molecular complexity index is 331. The van der Waals surface area contributed by atoms with Crippen LogP contribution in [0.4, 0.5) is 0 Å². The molecule has 1 saturated heterocycles. The van der Waals surface area contributed by atoms with Gasteiger partial charge in [-0.15, -0.1) is 0 Å². The quantitative estimate of drug-likeness (QED) is 0.786. The molecule has 0 aromatic heterocycles. The minimum absolute atomic E-state index is 0.359. The summed E-state index contributed by atoms with van der Waals surface area (Å²) >= 11 is 0. The van der Waals surface area contributed by atoms with Crippen LogP contribution >= 0.6 is 0 Å². The molecule has 0 bridgehead atoms. The topological polar surface area (TPSA) is 30.5 Å². The van der Waals surface area contributed by atoms with Gasteiger partial charge in [0.25, 0.3) is 0 Å². The summed E-state index contributed by atoms with van der Waals surface area (Å²) in [7, 11) is 0. The molecule has 0 saturated carbocycles. The van der Waals surface area contributed by atoms with E-state index >= 15 is 0 Å². The third-order valence-electron chi connectivity index (χ3n) is 3.18. The molecule has 1 aromatic rings. The van der Waals surface area contributed by atoms with Crippen molar-refractivity contribution in [2.75, 3.05) is 19.7 Å². The third-order valence-corrected chi connectivity index (χ3v) is 3.18. The van der Waals surface area contributed by atoms with Gasteiger partial charge in [0.1, 0.15) is 17.6 Å². The van der Waals surface area contributed by atoms with E-state index in [9.17, 15) is 0 Å². The highest BCUT2D eigenvalue weighted by Gasteiger charge is 2.14. The van der Waals surface area contributed by atoms with Gasteiger partial charge in [0.15, 0.2) is 0 Å². The zero-order valence-corrected chi connectivity index (χ0v) is 11.2. The average molecular weight is 249 g/mol. The molecular formula is C15H23NO2. The van der Waals surface area contributed by atoms with Gasteiger partial charge in [-0.3, -0.25) is 0 Å². The molecule has 18 heavy (non-hydrogen) atoms. The van der Waals surface area contributed by atoms with E-state index in [1.807, 2.05) is 24.3 Å². The van der Waals surface area contributed by atoms with Gasteiger partial charge < -0.3 is 14.8 Å². The van der Waals surface area contributed by atoms with Crippen LogP contribution in [0.2, 0.25) is 0 Å². The Morgan fingerprint density at radius 1 is 1.11 bits per heavy atom. The number of rotatable bonds is 6. The second-order valence-electron chi connectivity index (χ2n) is 4.74. The Morgan fingerprint density at radius 2 is 1.78 bits per heavy atom. The molecule has 100 valence electrons. The SMILES string of the molecule is CCCCOc1ccc(OC2CCNCC2)cc1. The lowest BCUT2D eigenvalue weighted by Gasteiger charge is -2.23. The maximum absolute atomic E-state index is 5.94. The predicted molar refractivity (Wildman–Crippen MR) is 73.4 cm³/mol. The fraction of sp³-hybridized carbons (Fsp3) is 0.600. The molecule has 1 aromatic carbocycles. The zero-order chi connectivity index (χ0) is 12.6. The summed E-state index contributed by atoms with van der Waals surface area (Å²) in [5, 5.41) is 3.34. The van der Waals surface area contributed by atoms with E-state index in [4.69, 9.17) is 9.47 Å². The van der Waals surface area contributed by atoms with Crippen LogP contribution in [0.3, 0.4) is 0 Å². The van der Waals surface area contributed by atoms with Crippen LogP contribution in [-0.2, 0) is 0 Å². The van der Waals surface area contributed by atoms with Crippen LogP contribution in [0.15, 0.2) is 24.3 Å². The smallest absolute Gasteiger partial charge is 0.119 e. The second kappa shape index (κ2) is 7.27. The first-order valence-electron chi connectivity index (χ1n) is 6.98. The van der Waals surface area contributed by atoms with Gasteiger partial charge in [-0.1, -0.05) is 13.3 Å². The van der Waals surface area contributed by atoms with E-state index < -0.39 is 0 Å². The van der Waals surface area contributed by atoms with E-state index in [0.717, 1.165) is 56.9 Å². The minimum Gasteiger partial charge on any atom is -0.494 e. The Balaban J connectivity index is 1.79. The van der Waals surface area contributed by atoms with Crippen LogP contribution in [-0.4, -0.2) is 25.8 Å². The minimum atomic E-state index is 0.359. The fourth-order valence-electron chi connectivity index (χ4n) is 2.05. The first kappa shape index (κ1) is 13.2. The van der Waals surface area contributed by atoms with Gasteiger partial charge in [-0.05, 0) is 56.6 Å². The number of nitrogens with one attached hydrogen (secondary N) is 1. The molecular weight excluding hydrogens is 226 g/mol. The monoisotopic (exact) mass is 249 g/mol. The van der Waals surface area contributed by atoms with Crippen molar-refractivity contribution in [3.8, 4) is 11.5 Å². The predicted octanol–water partition coefficient (Wildman–Crippen LogP) is 3.00. The molecule has 0 atom stereocenters. The normalized spacial score (nSPS) is 16.5. The molecule has 0 amide bonds. The zero-order valence-electron chi connectivity index (χ0n) is 11.2. The van der Waals surface area contributed by atoms with Gasteiger partial charge in [0, 0.05) is 0 Å². The van der Waals surface area contributed by atoms with Crippen LogP contribution < -0.4 is 14.8 Å². The van der Waals surface area contributed by atoms with E-state index in [-0.39, 0.29) is 0 Å². The number of unbranched alkanes of at least 4 members (excludes halogenated alkanes) is 1. The molecule has 0 aliphatic carbocycles. The maximum atomic E-state index is 5.94. The molecule has 1 aliphatic rings. The number of hydrogen-bond donors (Lipinski definition) is 1. The highest BCUT2D eigenvalue weighted by Crippen LogP contribution is 2.20. The summed E-state index contributed by atoms with van der Waals surface area (Å²) in [6.07, 6.45) is 4.81. The van der Waals surface area contributed by atoms with Gasteiger partial charge in [0.2, 0.25) is 0 Å². The maximum Gasteiger partial charge on any atom is 0.119 e. The van der Waals surface area contributed by atoms with Crippen molar-refractivity contribution in [1.29, 1.82) is 0 Å². The largest absolute Gasteiger partial charge is 0.494 e. The standard InChI is InChI=1S/C15H23NO2/c1-2-3-12-17-13-4-6-14(7-5-13)18-15-8-10-16-11-9-15/h4-7,15-16H,2-3,8-12H2,1H3. The average Bonchev–Trinajstić information content (AvgIpc) is 2.42. The summed E-state index contributed by atoms with van der Waals surface area (Å²) in [5.74, 6) is 1.88. The number of ether oxygens (including phenoxy) is 2. The fourth-order valence-corrected chi connectivity index (χ4v) is 2.05. The molecule has 0 radical (unpaired) electrons. The van der Waals surface area contributed by atoms with E-state index in [2.05, 4.69) is 12.2 Å². The highest BCUT2D eigenvalue weighted by molar-refractivity contribution is 5.31. The first-order chi connectivity index (χ1) is 8.88. The molecule has 1 heterocycles. The Morgan fingerprint density at radius 3 is 2.44 bits per heavy atom. The molecule has 3 heteroatoms. The summed E-state index contributed by atoms with van der Waals surface area (Å²) in [4.78, 5) is 0. The number of hydrogen-bond acceptors (Lipinski definition) is 3. The third kappa shape index (κ3) is 4.22. The van der Waals surface area contributed by atoms with Crippen molar-refractivity contribution in [3.63, 3.8) is 0 Å². The second-order valence-corrected chi connectivity index (χ2v) is 4.74. The molecule has 1 aliphatic heterocycles. The molecule has 1 N–H and O–H groups in total. The van der Waals surface area contributed by atoms with Crippen molar-refractivity contribution in [1.82, 2.24) is 5.32 Å². The Labute approximate surface area is 109 Å². The van der Waals surface area contributed by atoms with Crippen molar-refractivity contribution >= 4 is 0 Å². The Kier molecular flexibility index (Phi) is 5.34. The number of piperidine rings is 1. The van der Waals surface area contributed by atoms with Crippen molar-refractivity contribution in [2.24, 2.45) is 0 Å². The van der Waals surface area contributed by atoms with Crippen molar-refractivity contribution < 1.29 is 9.47 Å². The highest BCUT2D eigenvalue weighted by atomic mass is 16.5. The molecule has 0 unspecified atom stereocenters. The summed E-state index contributed by atoms with van der Waals surface area (Å²) in [6, 6.07) is 7.99. The number of benzene rings is 1.